The van der Waals surface area contributed by atoms with Crippen LogP contribution in [0.3, 0.4) is 0 Å². The van der Waals surface area contributed by atoms with Crippen LogP contribution in [0.2, 0.25) is 5.02 Å². The van der Waals surface area contributed by atoms with Gasteiger partial charge in [0.2, 0.25) is 0 Å². The lowest BCUT2D eigenvalue weighted by atomic mass is 9.78. The van der Waals surface area contributed by atoms with Crippen molar-refractivity contribution in [1.82, 2.24) is 4.98 Å². The quantitative estimate of drug-likeness (QED) is 0.219. The van der Waals surface area contributed by atoms with E-state index in [9.17, 15) is 0 Å². The third-order valence-electron chi connectivity index (χ3n) is 12.3. The van der Waals surface area contributed by atoms with Crippen LogP contribution in [0.15, 0.2) is 46.4 Å². The lowest BCUT2D eigenvalue weighted by molar-refractivity contribution is 0.436. The smallest absolute Gasteiger partial charge is 0.0835 e. The van der Waals surface area contributed by atoms with Crippen LogP contribution in [-0.4, -0.2) is 17.4 Å². The highest BCUT2D eigenvalue weighted by molar-refractivity contribution is 6.31. The van der Waals surface area contributed by atoms with Gasteiger partial charge in [0.25, 0.3) is 0 Å². The van der Waals surface area contributed by atoms with E-state index in [-0.39, 0.29) is 0 Å². The largest absolute Gasteiger partial charge is 0.254 e. The number of nitrogens with zero attached hydrogens (tertiary/aromatic N) is 3. The number of pyridine rings is 1. The van der Waals surface area contributed by atoms with Crippen LogP contribution in [-0.2, 0) is 0 Å². The summed E-state index contributed by atoms with van der Waals surface area (Å²) in [4.78, 5) is 15.8. The molecule has 4 fully saturated rings. The predicted octanol–water partition coefficient (Wildman–Crippen LogP) is 14.0. The van der Waals surface area contributed by atoms with Gasteiger partial charge in [-0.05, 0) is 123 Å². The number of aliphatic imine (C=N–C) groups is 2. The number of halogens is 1. The van der Waals surface area contributed by atoms with Gasteiger partial charge in [-0.3, -0.25) is 9.98 Å². The van der Waals surface area contributed by atoms with Crippen LogP contribution in [0.25, 0.3) is 0 Å². The first-order chi connectivity index (χ1) is 24.0. The second kappa shape index (κ2) is 16.5. The molecule has 0 N–H and O–H groups in total. The fraction of sp³-hybridized carbons (Fsp3) is 0.578. The van der Waals surface area contributed by atoms with Crippen molar-refractivity contribution in [2.24, 2.45) is 9.98 Å². The van der Waals surface area contributed by atoms with E-state index in [0.29, 0.717) is 28.7 Å². The molecular formula is C45H58ClN3. The lowest BCUT2D eigenvalue weighted by Gasteiger charge is -2.29. The molecule has 260 valence electrons. The van der Waals surface area contributed by atoms with E-state index < -0.39 is 0 Å². The maximum Gasteiger partial charge on any atom is 0.0835 e. The second-order valence-corrected chi connectivity index (χ2v) is 16.5. The highest BCUT2D eigenvalue weighted by Gasteiger charge is 2.27. The Labute approximate surface area is 301 Å². The fourth-order valence-corrected chi connectivity index (χ4v) is 10.0. The molecular weight excluding hydrogens is 618 g/mol. The van der Waals surface area contributed by atoms with Gasteiger partial charge in [-0.25, -0.2) is 4.98 Å². The SMILES string of the molecule is Cc1cc(C2CCCCC2)c(N=Cc2cc(Cl)cc(C=Nc3c(C4CCCCC4)cc(C)cc3C3CCCCC3)n2)c(C2CCCCC2)c1. The Hall–Kier alpha value is -2.78. The Bertz CT molecular complexity index is 1430. The van der Waals surface area contributed by atoms with Gasteiger partial charge in [-0.15, -0.1) is 0 Å². The maximum absolute atomic E-state index is 6.80. The van der Waals surface area contributed by atoms with Gasteiger partial charge < -0.3 is 0 Å². The van der Waals surface area contributed by atoms with Crippen LogP contribution in [0, 0.1) is 13.8 Å². The zero-order valence-electron chi connectivity index (χ0n) is 30.3. The van der Waals surface area contributed by atoms with E-state index >= 15 is 0 Å². The Balaban J connectivity index is 1.24. The molecule has 7 rings (SSSR count). The zero-order chi connectivity index (χ0) is 33.6. The Morgan fingerprint density at radius 3 is 1.04 bits per heavy atom. The summed E-state index contributed by atoms with van der Waals surface area (Å²) in [5.41, 5.74) is 12.7. The van der Waals surface area contributed by atoms with Gasteiger partial charge in [0.1, 0.15) is 0 Å². The standard InChI is InChI=1S/C45H58ClN3/c1-31-23-40(33-15-7-3-8-16-33)44(41(24-31)34-17-9-4-10-18-34)47-29-38-27-37(46)28-39(49-38)30-48-45-42(35-19-11-5-12-20-35)25-32(2)26-43(45)36-21-13-6-14-22-36/h23-30,33-36H,3-22H2,1-2H3. The van der Waals surface area contributed by atoms with Crippen molar-refractivity contribution >= 4 is 35.4 Å². The van der Waals surface area contributed by atoms with Crippen molar-refractivity contribution in [2.75, 3.05) is 0 Å². The number of hydrogen-bond acceptors (Lipinski definition) is 3. The van der Waals surface area contributed by atoms with Crippen LogP contribution in [0.4, 0.5) is 11.4 Å². The van der Waals surface area contributed by atoms with E-state index in [1.165, 1.54) is 173 Å². The Kier molecular flexibility index (Phi) is 11.7. The summed E-state index contributed by atoms with van der Waals surface area (Å²) >= 11 is 6.80. The van der Waals surface area contributed by atoms with E-state index in [2.05, 4.69) is 38.1 Å². The zero-order valence-corrected chi connectivity index (χ0v) is 31.0. The minimum Gasteiger partial charge on any atom is -0.254 e. The molecule has 3 aromatic rings. The van der Waals surface area contributed by atoms with Crippen LogP contribution < -0.4 is 0 Å². The number of benzene rings is 2. The first-order valence-corrected chi connectivity index (χ1v) is 20.4. The Morgan fingerprint density at radius 2 is 0.755 bits per heavy atom. The number of aromatic nitrogens is 1. The van der Waals surface area contributed by atoms with Crippen LogP contribution in [0.5, 0.6) is 0 Å². The molecule has 4 saturated carbocycles. The molecule has 1 aromatic heterocycles. The average Bonchev–Trinajstić information content (AvgIpc) is 3.14. The summed E-state index contributed by atoms with van der Waals surface area (Å²) in [6, 6.07) is 13.7. The molecule has 0 aliphatic heterocycles. The monoisotopic (exact) mass is 675 g/mol. The average molecular weight is 676 g/mol. The van der Waals surface area contributed by atoms with Crippen LogP contribution in [0.1, 0.15) is 197 Å². The molecule has 4 aliphatic rings. The summed E-state index contributed by atoms with van der Waals surface area (Å²) in [7, 11) is 0. The second-order valence-electron chi connectivity index (χ2n) is 16.1. The highest BCUT2D eigenvalue weighted by Crippen LogP contribution is 2.46. The fourth-order valence-electron chi connectivity index (χ4n) is 9.80. The lowest BCUT2D eigenvalue weighted by Crippen LogP contribution is -2.10. The van der Waals surface area contributed by atoms with Crippen molar-refractivity contribution in [1.29, 1.82) is 0 Å². The summed E-state index contributed by atoms with van der Waals surface area (Å²) in [5, 5.41) is 0.686. The van der Waals surface area contributed by atoms with Gasteiger partial charge in [-0.2, -0.15) is 0 Å². The van der Waals surface area contributed by atoms with E-state index in [0.717, 1.165) is 11.4 Å². The number of aryl methyl sites for hydroxylation is 2. The molecule has 0 amide bonds. The molecule has 3 nitrogen and oxygen atoms in total. The van der Waals surface area contributed by atoms with Crippen LogP contribution >= 0.6 is 11.6 Å². The molecule has 0 spiro atoms. The predicted molar refractivity (Wildman–Crippen MR) is 209 cm³/mol. The molecule has 4 heteroatoms. The van der Waals surface area contributed by atoms with E-state index in [1.54, 1.807) is 0 Å². The van der Waals surface area contributed by atoms with Gasteiger partial charge in [0, 0.05) is 5.02 Å². The molecule has 0 radical (unpaired) electrons. The van der Waals surface area contributed by atoms with Crippen molar-refractivity contribution in [3.8, 4) is 0 Å². The minimum atomic E-state index is 0.601. The molecule has 0 bridgehead atoms. The summed E-state index contributed by atoms with van der Waals surface area (Å²) in [6.07, 6.45) is 30.2. The molecule has 1 heterocycles. The number of rotatable bonds is 8. The summed E-state index contributed by atoms with van der Waals surface area (Å²) < 4.78 is 0. The third kappa shape index (κ3) is 8.58. The van der Waals surface area contributed by atoms with E-state index in [1.807, 2.05) is 24.6 Å². The normalized spacial score (nSPS) is 20.9. The molecule has 49 heavy (non-hydrogen) atoms. The van der Waals surface area contributed by atoms with Gasteiger partial charge in [0.15, 0.2) is 0 Å². The molecule has 0 saturated heterocycles. The summed E-state index contributed by atoms with van der Waals surface area (Å²) in [6.45, 7) is 4.56. The molecule has 0 atom stereocenters. The van der Waals surface area contributed by atoms with Crippen molar-refractivity contribution in [2.45, 2.75) is 166 Å². The Morgan fingerprint density at radius 1 is 0.469 bits per heavy atom. The minimum absolute atomic E-state index is 0.601. The highest BCUT2D eigenvalue weighted by atomic mass is 35.5. The maximum atomic E-state index is 6.80. The van der Waals surface area contributed by atoms with Crippen molar-refractivity contribution in [3.63, 3.8) is 0 Å². The first-order valence-electron chi connectivity index (χ1n) is 20.1. The molecule has 4 aliphatic carbocycles. The topological polar surface area (TPSA) is 37.6 Å². The molecule has 2 aromatic carbocycles. The van der Waals surface area contributed by atoms with Gasteiger partial charge >= 0.3 is 0 Å². The van der Waals surface area contributed by atoms with Crippen molar-refractivity contribution < 1.29 is 0 Å². The van der Waals surface area contributed by atoms with Gasteiger partial charge in [0.05, 0.1) is 35.2 Å². The number of hydrogen-bond donors (Lipinski definition) is 0. The third-order valence-corrected chi connectivity index (χ3v) is 12.5. The van der Waals surface area contributed by atoms with Crippen molar-refractivity contribution in [3.05, 3.63) is 86.2 Å². The molecule has 0 unspecified atom stereocenters. The van der Waals surface area contributed by atoms with E-state index in [4.69, 9.17) is 26.6 Å². The first kappa shape index (κ1) is 34.7. The van der Waals surface area contributed by atoms with Gasteiger partial charge in [-0.1, -0.05) is 124 Å². The summed E-state index contributed by atoms with van der Waals surface area (Å²) in [5.74, 6) is 2.41.